The standard InChI is InChI=1S/C15H13Cl2N3O/c16-10-3-2-9(6-11(10)17)19-14-5-8-1-4-15(21)20-13(8)7-12(14)18/h2-3,5-7,19H,1,4,18H2,(H,20,21). The van der Waals surface area contributed by atoms with Gasteiger partial charge in [0.2, 0.25) is 5.91 Å². The summed E-state index contributed by atoms with van der Waals surface area (Å²) in [5.74, 6) is 0.0205. The van der Waals surface area contributed by atoms with Gasteiger partial charge in [0.1, 0.15) is 0 Å². The van der Waals surface area contributed by atoms with E-state index in [1.165, 1.54) is 0 Å². The van der Waals surface area contributed by atoms with E-state index in [2.05, 4.69) is 10.6 Å². The van der Waals surface area contributed by atoms with Crippen LogP contribution in [0.5, 0.6) is 0 Å². The summed E-state index contributed by atoms with van der Waals surface area (Å²) in [6.45, 7) is 0. The average Bonchev–Trinajstić information content (AvgIpc) is 2.44. The Morgan fingerprint density at radius 2 is 1.90 bits per heavy atom. The lowest BCUT2D eigenvalue weighted by molar-refractivity contribution is -0.116. The molecule has 21 heavy (non-hydrogen) atoms. The summed E-state index contributed by atoms with van der Waals surface area (Å²) in [5, 5.41) is 7.02. The quantitative estimate of drug-likeness (QED) is 0.726. The Bertz CT molecular complexity index is 731. The number of carbonyl (C=O) groups is 1. The molecule has 2 aromatic rings. The predicted octanol–water partition coefficient (Wildman–Crippen LogP) is 4.20. The molecule has 0 aliphatic carbocycles. The largest absolute Gasteiger partial charge is 0.397 e. The Morgan fingerprint density at radius 1 is 1.10 bits per heavy atom. The summed E-state index contributed by atoms with van der Waals surface area (Å²) in [4.78, 5) is 11.4. The van der Waals surface area contributed by atoms with Gasteiger partial charge in [0, 0.05) is 17.8 Å². The second-order valence-electron chi connectivity index (χ2n) is 4.90. The van der Waals surface area contributed by atoms with Crippen molar-refractivity contribution in [3.8, 4) is 0 Å². The summed E-state index contributed by atoms with van der Waals surface area (Å²) in [6.07, 6.45) is 1.20. The molecule has 108 valence electrons. The molecule has 4 nitrogen and oxygen atoms in total. The minimum atomic E-state index is 0.0205. The second-order valence-corrected chi connectivity index (χ2v) is 5.71. The van der Waals surface area contributed by atoms with Crippen LogP contribution in [0.3, 0.4) is 0 Å². The molecule has 1 aliphatic heterocycles. The second kappa shape index (κ2) is 5.47. The molecule has 0 atom stereocenters. The minimum absolute atomic E-state index is 0.0205. The number of hydrogen-bond acceptors (Lipinski definition) is 3. The van der Waals surface area contributed by atoms with Gasteiger partial charge in [-0.2, -0.15) is 0 Å². The highest BCUT2D eigenvalue weighted by Gasteiger charge is 2.16. The highest BCUT2D eigenvalue weighted by atomic mass is 35.5. The maximum atomic E-state index is 11.4. The van der Waals surface area contributed by atoms with Crippen molar-refractivity contribution in [2.24, 2.45) is 0 Å². The summed E-state index contributed by atoms with van der Waals surface area (Å²) in [7, 11) is 0. The Hall–Kier alpha value is -1.91. The number of aryl methyl sites for hydroxylation is 1. The molecule has 0 radical (unpaired) electrons. The highest BCUT2D eigenvalue weighted by molar-refractivity contribution is 6.42. The van der Waals surface area contributed by atoms with E-state index in [4.69, 9.17) is 28.9 Å². The average molecular weight is 322 g/mol. The van der Waals surface area contributed by atoms with Crippen LogP contribution in [0.2, 0.25) is 10.0 Å². The SMILES string of the molecule is Nc1cc2c(cc1Nc1ccc(Cl)c(Cl)c1)CCC(=O)N2. The van der Waals surface area contributed by atoms with Crippen molar-refractivity contribution in [1.29, 1.82) is 0 Å². The smallest absolute Gasteiger partial charge is 0.224 e. The number of halogens is 2. The first kappa shape index (κ1) is 14.0. The summed E-state index contributed by atoms with van der Waals surface area (Å²) >= 11 is 11.9. The highest BCUT2D eigenvalue weighted by Crippen LogP contribution is 2.34. The van der Waals surface area contributed by atoms with Gasteiger partial charge in [-0.3, -0.25) is 4.79 Å². The van der Waals surface area contributed by atoms with Crippen molar-refractivity contribution in [1.82, 2.24) is 0 Å². The van der Waals surface area contributed by atoms with E-state index >= 15 is 0 Å². The first-order chi connectivity index (χ1) is 10.0. The molecule has 0 bridgehead atoms. The number of nitrogens with two attached hydrogens (primary N) is 1. The number of nitrogen functional groups attached to an aromatic ring is 1. The molecule has 3 rings (SSSR count). The number of amides is 1. The van der Waals surface area contributed by atoms with Gasteiger partial charge >= 0.3 is 0 Å². The van der Waals surface area contributed by atoms with E-state index < -0.39 is 0 Å². The molecule has 0 saturated carbocycles. The Morgan fingerprint density at radius 3 is 2.67 bits per heavy atom. The number of nitrogens with one attached hydrogen (secondary N) is 2. The minimum Gasteiger partial charge on any atom is -0.397 e. The summed E-state index contributed by atoms with van der Waals surface area (Å²) in [5.41, 5.74) is 10.0. The number of anilines is 4. The summed E-state index contributed by atoms with van der Waals surface area (Å²) < 4.78 is 0. The predicted molar refractivity (Wildman–Crippen MR) is 87.5 cm³/mol. The van der Waals surface area contributed by atoms with E-state index in [1.54, 1.807) is 18.2 Å². The molecule has 0 unspecified atom stereocenters. The molecular formula is C15H13Cl2N3O. The van der Waals surface area contributed by atoms with Crippen LogP contribution < -0.4 is 16.4 Å². The zero-order valence-electron chi connectivity index (χ0n) is 11.0. The van der Waals surface area contributed by atoms with E-state index in [9.17, 15) is 4.79 Å². The van der Waals surface area contributed by atoms with Crippen molar-refractivity contribution in [2.75, 3.05) is 16.4 Å². The van der Waals surface area contributed by atoms with Crippen LogP contribution in [0.4, 0.5) is 22.7 Å². The van der Waals surface area contributed by atoms with E-state index in [0.717, 1.165) is 22.6 Å². The maximum absolute atomic E-state index is 11.4. The molecule has 0 fully saturated rings. The third-order valence-corrected chi connectivity index (χ3v) is 4.11. The lowest BCUT2D eigenvalue weighted by Gasteiger charge is -2.20. The molecule has 1 heterocycles. The number of fused-ring (bicyclic) bond motifs is 1. The van der Waals surface area contributed by atoms with Crippen LogP contribution in [0, 0.1) is 0 Å². The molecule has 1 amide bonds. The van der Waals surface area contributed by atoms with Crippen LogP contribution in [0.25, 0.3) is 0 Å². The Kier molecular flexibility index (Phi) is 3.66. The molecule has 0 saturated heterocycles. The molecular weight excluding hydrogens is 309 g/mol. The molecule has 2 aromatic carbocycles. The normalized spacial score (nSPS) is 13.5. The zero-order valence-corrected chi connectivity index (χ0v) is 12.6. The van der Waals surface area contributed by atoms with Gasteiger partial charge in [0.15, 0.2) is 0 Å². The molecule has 0 spiro atoms. The number of carbonyl (C=O) groups excluding carboxylic acids is 1. The van der Waals surface area contributed by atoms with Crippen LogP contribution in [0.15, 0.2) is 30.3 Å². The van der Waals surface area contributed by atoms with Crippen molar-refractivity contribution in [3.05, 3.63) is 45.9 Å². The Balaban J connectivity index is 1.92. The topological polar surface area (TPSA) is 67.1 Å². The number of benzene rings is 2. The monoisotopic (exact) mass is 321 g/mol. The number of rotatable bonds is 2. The lowest BCUT2D eigenvalue weighted by atomic mass is 10.0. The van der Waals surface area contributed by atoms with Gasteiger partial charge in [-0.15, -0.1) is 0 Å². The van der Waals surface area contributed by atoms with Crippen molar-refractivity contribution in [2.45, 2.75) is 12.8 Å². The fraction of sp³-hybridized carbons (Fsp3) is 0.133. The van der Waals surface area contributed by atoms with E-state index in [1.807, 2.05) is 12.1 Å². The van der Waals surface area contributed by atoms with Crippen molar-refractivity contribution >= 4 is 51.9 Å². The molecule has 4 N–H and O–H groups in total. The molecule has 1 aliphatic rings. The van der Waals surface area contributed by atoms with Gasteiger partial charge in [-0.05, 0) is 42.3 Å². The lowest BCUT2D eigenvalue weighted by Crippen LogP contribution is -2.19. The first-order valence-corrected chi connectivity index (χ1v) is 7.23. The van der Waals surface area contributed by atoms with Crippen LogP contribution in [0.1, 0.15) is 12.0 Å². The molecule has 6 heteroatoms. The Labute approximate surface area is 132 Å². The van der Waals surface area contributed by atoms with Crippen molar-refractivity contribution < 1.29 is 4.79 Å². The van der Waals surface area contributed by atoms with Gasteiger partial charge in [0.25, 0.3) is 0 Å². The zero-order chi connectivity index (χ0) is 15.0. The van der Waals surface area contributed by atoms with E-state index in [-0.39, 0.29) is 5.91 Å². The van der Waals surface area contributed by atoms with Crippen LogP contribution >= 0.6 is 23.2 Å². The van der Waals surface area contributed by atoms with Gasteiger partial charge in [0.05, 0.1) is 21.4 Å². The van der Waals surface area contributed by atoms with Gasteiger partial charge in [-0.25, -0.2) is 0 Å². The maximum Gasteiger partial charge on any atom is 0.224 e. The van der Waals surface area contributed by atoms with E-state index in [0.29, 0.717) is 28.6 Å². The fourth-order valence-corrected chi connectivity index (χ4v) is 2.58. The summed E-state index contributed by atoms with van der Waals surface area (Å²) in [6, 6.07) is 9.01. The van der Waals surface area contributed by atoms with Crippen molar-refractivity contribution in [3.63, 3.8) is 0 Å². The molecule has 0 aromatic heterocycles. The third-order valence-electron chi connectivity index (χ3n) is 3.37. The van der Waals surface area contributed by atoms with Gasteiger partial charge < -0.3 is 16.4 Å². The first-order valence-electron chi connectivity index (χ1n) is 6.47. The van der Waals surface area contributed by atoms with Crippen LogP contribution in [-0.2, 0) is 11.2 Å². The third kappa shape index (κ3) is 2.91. The number of hydrogen-bond donors (Lipinski definition) is 3. The van der Waals surface area contributed by atoms with Gasteiger partial charge in [-0.1, -0.05) is 23.2 Å². The fourth-order valence-electron chi connectivity index (χ4n) is 2.28. The van der Waals surface area contributed by atoms with Crippen LogP contribution in [-0.4, -0.2) is 5.91 Å².